The summed E-state index contributed by atoms with van der Waals surface area (Å²) in [6.07, 6.45) is -1.14. The maximum atomic E-state index is 14.7. The molecule has 1 aromatic carbocycles. The van der Waals surface area contributed by atoms with Crippen LogP contribution in [0.3, 0.4) is 0 Å². The Labute approximate surface area is 165 Å². The molecule has 1 aromatic heterocycles. The molecule has 0 bridgehead atoms. The molecule has 2 heterocycles. The summed E-state index contributed by atoms with van der Waals surface area (Å²) in [6.45, 7) is 1.84. The quantitative estimate of drug-likeness (QED) is 0.554. The topological polar surface area (TPSA) is 118 Å². The molecule has 0 aliphatic carbocycles. The second-order valence-corrected chi connectivity index (χ2v) is 6.54. The van der Waals surface area contributed by atoms with Crippen LogP contribution >= 0.6 is 0 Å². The van der Waals surface area contributed by atoms with E-state index >= 15 is 0 Å². The van der Waals surface area contributed by atoms with Crippen LogP contribution in [0.4, 0.5) is 26.4 Å². The molecule has 2 aromatic rings. The Hall–Kier alpha value is -3.63. The number of carbonyl (C=O) groups is 2. The van der Waals surface area contributed by atoms with Crippen molar-refractivity contribution in [3.8, 4) is 0 Å². The number of halogens is 1. The van der Waals surface area contributed by atoms with Crippen molar-refractivity contribution in [1.82, 2.24) is 5.32 Å². The third kappa shape index (κ3) is 4.62. The van der Waals surface area contributed by atoms with Crippen LogP contribution in [0.25, 0.3) is 0 Å². The summed E-state index contributed by atoms with van der Waals surface area (Å²) in [6, 6.07) is 6.96. The highest BCUT2D eigenvalue weighted by Crippen LogP contribution is 2.28. The molecule has 1 aliphatic heterocycles. The maximum Gasteiger partial charge on any atom is 0.433 e. The van der Waals surface area contributed by atoms with Gasteiger partial charge < -0.3 is 19.4 Å². The van der Waals surface area contributed by atoms with E-state index in [1.54, 1.807) is 13.1 Å². The monoisotopic (exact) mass is 406 g/mol. The minimum absolute atomic E-state index is 0.120. The first-order chi connectivity index (χ1) is 13.7. The number of nitro groups is 1. The number of cyclic esters (lactones) is 1. The van der Waals surface area contributed by atoms with E-state index in [4.69, 9.17) is 9.15 Å². The summed E-state index contributed by atoms with van der Waals surface area (Å²) < 4.78 is 24.9. The fraction of sp³-hybridized carbons (Fsp3) is 0.333. The third-order valence-electron chi connectivity index (χ3n) is 4.33. The lowest BCUT2D eigenvalue weighted by Gasteiger charge is -2.20. The van der Waals surface area contributed by atoms with Crippen molar-refractivity contribution >= 4 is 29.3 Å². The molecule has 0 spiro atoms. The van der Waals surface area contributed by atoms with Gasteiger partial charge >= 0.3 is 12.0 Å². The summed E-state index contributed by atoms with van der Waals surface area (Å²) >= 11 is 0. The summed E-state index contributed by atoms with van der Waals surface area (Å²) in [5, 5.41) is 13.3. The van der Waals surface area contributed by atoms with E-state index in [2.05, 4.69) is 5.32 Å². The number of nitrogens with one attached hydrogen (secondary N) is 1. The average molecular weight is 406 g/mol. The first-order valence-corrected chi connectivity index (χ1v) is 8.71. The second kappa shape index (κ2) is 8.17. The van der Waals surface area contributed by atoms with Gasteiger partial charge in [0, 0.05) is 14.0 Å². The van der Waals surface area contributed by atoms with Crippen LogP contribution in [0.2, 0.25) is 0 Å². The van der Waals surface area contributed by atoms with Crippen LogP contribution in [0.5, 0.6) is 0 Å². The molecule has 0 radical (unpaired) electrons. The number of ether oxygens (including phenoxy) is 1. The van der Waals surface area contributed by atoms with Crippen LogP contribution in [0.15, 0.2) is 34.7 Å². The van der Waals surface area contributed by atoms with Crippen LogP contribution < -0.4 is 15.1 Å². The summed E-state index contributed by atoms with van der Waals surface area (Å²) in [4.78, 5) is 35.9. The average Bonchev–Trinajstić information content (AvgIpc) is 3.26. The Kier molecular flexibility index (Phi) is 5.66. The van der Waals surface area contributed by atoms with Gasteiger partial charge in [0.05, 0.1) is 37.1 Å². The van der Waals surface area contributed by atoms with Gasteiger partial charge in [-0.15, -0.1) is 0 Å². The first-order valence-electron chi connectivity index (χ1n) is 8.71. The highest BCUT2D eigenvalue weighted by atomic mass is 19.1. The van der Waals surface area contributed by atoms with E-state index < -0.39 is 22.9 Å². The Bertz CT molecular complexity index is 946. The zero-order valence-corrected chi connectivity index (χ0v) is 15.8. The molecule has 2 amide bonds. The number of amides is 2. The van der Waals surface area contributed by atoms with Crippen molar-refractivity contribution in [1.29, 1.82) is 0 Å². The van der Waals surface area contributed by atoms with Gasteiger partial charge in [-0.25, -0.2) is 9.18 Å². The van der Waals surface area contributed by atoms with E-state index in [1.807, 2.05) is 0 Å². The van der Waals surface area contributed by atoms with E-state index in [0.717, 1.165) is 0 Å². The molecule has 1 aliphatic rings. The Morgan fingerprint density at radius 1 is 1.41 bits per heavy atom. The second-order valence-electron chi connectivity index (χ2n) is 6.54. The highest BCUT2D eigenvalue weighted by molar-refractivity contribution is 5.90. The lowest BCUT2D eigenvalue weighted by atomic mass is 10.2. The molecule has 1 saturated heterocycles. The van der Waals surface area contributed by atoms with Gasteiger partial charge in [0.15, 0.2) is 0 Å². The maximum absolute atomic E-state index is 14.7. The first kappa shape index (κ1) is 20.1. The lowest BCUT2D eigenvalue weighted by molar-refractivity contribution is -0.402. The van der Waals surface area contributed by atoms with Crippen molar-refractivity contribution in [2.24, 2.45) is 0 Å². The molecule has 1 fully saturated rings. The molecule has 1 N–H and O–H groups in total. The van der Waals surface area contributed by atoms with Crippen molar-refractivity contribution in [3.63, 3.8) is 0 Å². The van der Waals surface area contributed by atoms with E-state index in [9.17, 15) is 24.1 Å². The predicted molar refractivity (Wildman–Crippen MR) is 100 cm³/mol. The Balaban J connectivity index is 1.68. The normalized spacial score (nSPS) is 15.9. The number of rotatable bonds is 7. The molecule has 10 nitrogen and oxygen atoms in total. The zero-order chi connectivity index (χ0) is 21.1. The minimum atomic E-state index is -0.646. The van der Waals surface area contributed by atoms with Gasteiger partial charge in [0.25, 0.3) is 0 Å². The van der Waals surface area contributed by atoms with E-state index in [0.29, 0.717) is 11.4 Å². The number of nitrogens with zero attached hydrogens (tertiary/aromatic N) is 3. The van der Waals surface area contributed by atoms with Gasteiger partial charge in [0.1, 0.15) is 22.6 Å². The highest BCUT2D eigenvalue weighted by Gasteiger charge is 2.32. The van der Waals surface area contributed by atoms with Crippen molar-refractivity contribution in [2.45, 2.75) is 19.6 Å². The summed E-state index contributed by atoms with van der Waals surface area (Å²) in [5.41, 5.74) is 0.554. The van der Waals surface area contributed by atoms with Crippen LogP contribution in [0.1, 0.15) is 12.7 Å². The number of anilines is 2. The van der Waals surface area contributed by atoms with E-state index in [1.165, 1.54) is 41.0 Å². The molecule has 0 saturated carbocycles. The zero-order valence-electron chi connectivity index (χ0n) is 15.8. The van der Waals surface area contributed by atoms with Gasteiger partial charge in [-0.05, 0) is 24.3 Å². The number of hydrogen-bond donors (Lipinski definition) is 1. The Morgan fingerprint density at radius 3 is 2.79 bits per heavy atom. The van der Waals surface area contributed by atoms with Gasteiger partial charge in [-0.2, -0.15) is 0 Å². The molecular weight excluding hydrogens is 387 g/mol. The predicted octanol–water partition coefficient (Wildman–Crippen LogP) is 2.42. The lowest BCUT2D eigenvalue weighted by Crippen LogP contribution is -2.33. The molecule has 1 atom stereocenters. The molecule has 29 heavy (non-hydrogen) atoms. The van der Waals surface area contributed by atoms with Crippen LogP contribution in [0, 0.1) is 15.9 Å². The van der Waals surface area contributed by atoms with Gasteiger partial charge in [-0.1, -0.05) is 0 Å². The molecule has 154 valence electrons. The SMILES string of the molecule is CC(=O)NC[C@H]1CN(c2ccc(N(C)Cc3ccc([N+](=O)[O-])o3)c(F)c2)C(=O)O1. The van der Waals surface area contributed by atoms with Crippen molar-refractivity contribution in [2.75, 3.05) is 29.9 Å². The van der Waals surface area contributed by atoms with Crippen LogP contribution in [-0.4, -0.2) is 43.2 Å². The molecule has 0 unspecified atom stereocenters. The number of carbonyl (C=O) groups excluding carboxylic acids is 2. The largest absolute Gasteiger partial charge is 0.442 e. The van der Waals surface area contributed by atoms with Gasteiger partial charge in [0.2, 0.25) is 5.91 Å². The Morgan fingerprint density at radius 2 is 2.17 bits per heavy atom. The standard InChI is InChI=1S/C18H19FN4O6/c1-11(24)20-8-14-10-22(18(25)29-14)12-3-5-16(15(19)7-12)21(2)9-13-4-6-17(28-13)23(26)27/h3-7,14H,8-10H2,1-2H3,(H,20,24)/t14-/m0/s1. The van der Waals surface area contributed by atoms with Crippen molar-refractivity contribution in [3.05, 3.63) is 52.0 Å². The number of furan rings is 1. The molecule has 3 rings (SSSR count). The smallest absolute Gasteiger partial charge is 0.433 e. The fourth-order valence-electron chi connectivity index (χ4n) is 2.94. The minimum Gasteiger partial charge on any atom is -0.442 e. The molecular formula is C18H19FN4O6. The van der Waals surface area contributed by atoms with Gasteiger partial charge in [-0.3, -0.25) is 19.8 Å². The third-order valence-corrected chi connectivity index (χ3v) is 4.33. The van der Waals surface area contributed by atoms with Crippen LogP contribution in [-0.2, 0) is 16.1 Å². The number of benzene rings is 1. The summed E-state index contributed by atoms with van der Waals surface area (Å²) in [5.74, 6) is -0.888. The number of hydrogen-bond acceptors (Lipinski definition) is 7. The molecule has 11 heteroatoms. The van der Waals surface area contributed by atoms with E-state index in [-0.39, 0.29) is 37.1 Å². The fourth-order valence-corrected chi connectivity index (χ4v) is 2.94. The summed E-state index contributed by atoms with van der Waals surface area (Å²) in [7, 11) is 1.61. The van der Waals surface area contributed by atoms with Crippen molar-refractivity contribution < 1.29 is 28.1 Å².